The van der Waals surface area contributed by atoms with Crippen LogP contribution in [0.2, 0.25) is 0 Å². The summed E-state index contributed by atoms with van der Waals surface area (Å²) in [5.41, 5.74) is 0. The standard InChI is InChI=1S/C8H12N4S/c1-3-7(2)12-8(11-6-9)10-4-5-13/h1,7,13H,4-5H2,2H3,(H2,10,11,12). The van der Waals surface area contributed by atoms with E-state index in [1.165, 1.54) is 0 Å². The van der Waals surface area contributed by atoms with Gasteiger partial charge in [-0.3, -0.25) is 10.3 Å². The van der Waals surface area contributed by atoms with Crippen molar-refractivity contribution < 1.29 is 0 Å². The molecule has 13 heavy (non-hydrogen) atoms. The Labute approximate surface area is 83.8 Å². The quantitative estimate of drug-likeness (QED) is 0.148. The first kappa shape index (κ1) is 11.7. The molecule has 0 amide bonds. The van der Waals surface area contributed by atoms with Crippen LogP contribution in [0.25, 0.3) is 0 Å². The van der Waals surface area contributed by atoms with Gasteiger partial charge in [-0.05, 0) is 6.92 Å². The van der Waals surface area contributed by atoms with Gasteiger partial charge in [0.15, 0.2) is 6.19 Å². The summed E-state index contributed by atoms with van der Waals surface area (Å²) in [7, 11) is 0. The Hall–Kier alpha value is -1.33. The zero-order valence-electron chi connectivity index (χ0n) is 7.41. The minimum atomic E-state index is -0.153. The molecule has 2 N–H and O–H groups in total. The molecule has 5 heteroatoms. The van der Waals surface area contributed by atoms with Crippen LogP contribution >= 0.6 is 12.6 Å². The molecule has 0 aliphatic heterocycles. The molecule has 0 aromatic carbocycles. The normalized spacial score (nSPS) is 12.5. The summed E-state index contributed by atoms with van der Waals surface area (Å²) < 4.78 is 0. The molecule has 0 aromatic rings. The fourth-order valence-corrected chi connectivity index (χ4v) is 0.683. The molecule has 0 fully saturated rings. The predicted octanol–water partition coefficient (Wildman–Crippen LogP) is -0.0458. The zero-order valence-corrected chi connectivity index (χ0v) is 8.30. The van der Waals surface area contributed by atoms with E-state index in [0.29, 0.717) is 18.3 Å². The second kappa shape index (κ2) is 7.33. The summed E-state index contributed by atoms with van der Waals surface area (Å²) in [5.74, 6) is 3.49. The highest BCUT2D eigenvalue weighted by Gasteiger charge is 2.00. The summed E-state index contributed by atoms with van der Waals surface area (Å²) in [6.45, 7) is 2.34. The molecule has 1 unspecified atom stereocenters. The van der Waals surface area contributed by atoms with Crippen LogP contribution in [0, 0.1) is 23.8 Å². The van der Waals surface area contributed by atoms with Gasteiger partial charge < -0.3 is 5.32 Å². The van der Waals surface area contributed by atoms with Gasteiger partial charge in [-0.25, -0.2) is 0 Å². The van der Waals surface area contributed by atoms with Crippen LogP contribution in [0.15, 0.2) is 4.99 Å². The highest BCUT2D eigenvalue weighted by molar-refractivity contribution is 7.80. The minimum absolute atomic E-state index is 0.153. The molecule has 4 nitrogen and oxygen atoms in total. The Kier molecular flexibility index (Phi) is 6.58. The molecule has 0 aromatic heterocycles. The number of rotatable bonds is 3. The second-order valence-corrected chi connectivity index (χ2v) is 2.67. The van der Waals surface area contributed by atoms with Crippen molar-refractivity contribution in [3.8, 4) is 18.5 Å². The number of guanidine groups is 1. The first-order valence-corrected chi connectivity index (χ1v) is 4.41. The Morgan fingerprint density at radius 1 is 1.77 bits per heavy atom. The molecular formula is C8H12N4S. The van der Waals surface area contributed by atoms with Crippen LogP contribution in [0.1, 0.15) is 6.92 Å². The van der Waals surface area contributed by atoms with E-state index in [0.717, 1.165) is 0 Å². The molecule has 0 spiro atoms. The molecular weight excluding hydrogens is 184 g/mol. The summed E-state index contributed by atoms with van der Waals surface area (Å²) >= 11 is 3.99. The maximum atomic E-state index is 8.37. The second-order valence-electron chi connectivity index (χ2n) is 2.22. The number of aliphatic imine (C=N–C) groups is 1. The van der Waals surface area contributed by atoms with Crippen molar-refractivity contribution in [1.82, 2.24) is 10.6 Å². The van der Waals surface area contributed by atoms with E-state index in [2.05, 4.69) is 34.2 Å². The summed E-state index contributed by atoms with van der Waals surface area (Å²) in [5, 5.41) is 13.6. The van der Waals surface area contributed by atoms with Crippen LogP contribution in [0.4, 0.5) is 0 Å². The van der Waals surface area contributed by atoms with E-state index in [1.807, 2.05) is 0 Å². The van der Waals surface area contributed by atoms with Gasteiger partial charge in [0.25, 0.3) is 0 Å². The van der Waals surface area contributed by atoms with E-state index >= 15 is 0 Å². The van der Waals surface area contributed by atoms with Crippen molar-refractivity contribution in [3.63, 3.8) is 0 Å². The van der Waals surface area contributed by atoms with E-state index in [-0.39, 0.29) is 6.04 Å². The highest BCUT2D eigenvalue weighted by Crippen LogP contribution is 1.80. The van der Waals surface area contributed by atoms with Crippen molar-refractivity contribution >= 4 is 18.6 Å². The minimum Gasteiger partial charge on any atom is -0.342 e. The molecule has 0 radical (unpaired) electrons. The summed E-state index contributed by atoms with van der Waals surface area (Å²) in [4.78, 5) is 4.02. The first-order valence-electron chi connectivity index (χ1n) is 3.77. The molecule has 0 rings (SSSR count). The molecule has 0 saturated carbocycles. The van der Waals surface area contributed by atoms with Gasteiger partial charge >= 0.3 is 0 Å². The number of nitrogens with zero attached hydrogens (tertiary/aromatic N) is 2. The Bertz CT molecular complexity index is 248. The molecule has 0 heterocycles. The predicted molar refractivity (Wildman–Crippen MR) is 56.3 cm³/mol. The number of nitriles is 1. The molecule has 1 atom stereocenters. The monoisotopic (exact) mass is 196 g/mol. The summed E-state index contributed by atoms with van der Waals surface area (Å²) in [6.07, 6.45) is 6.92. The van der Waals surface area contributed by atoms with Crippen LogP contribution in [-0.2, 0) is 0 Å². The van der Waals surface area contributed by atoms with Crippen molar-refractivity contribution in [3.05, 3.63) is 0 Å². The van der Waals surface area contributed by atoms with Crippen LogP contribution in [0.3, 0.4) is 0 Å². The zero-order chi connectivity index (χ0) is 10.1. The molecule has 0 saturated heterocycles. The van der Waals surface area contributed by atoms with Crippen molar-refractivity contribution in [1.29, 1.82) is 5.26 Å². The van der Waals surface area contributed by atoms with Crippen LogP contribution < -0.4 is 10.6 Å². The van der Waals surface area contributed by atoms with E-state index in [1.54, 1.807) is 13.1 Å². The molecule has 0 aliphatic carbocycles. The third-order valence-electron chi connectivity index (χ3n) is 1.15. The van der Waals surface area contributed by atoms with Gasteiger partial charge in [-0.15, -0.1) is 6.42 Å². The van der Waals surface area contributed by atoms with Gasteiger partial charge in [0.2, 0.25) is 5.96 Å². The van der Waals surface area contributed by atoms with Crippen molar-refractivity contribution in [2.24, 2.45) is 4.99 Å². The number of hydrogen-bond acceptors (Lipinski definition) is 3. The lowest BCUT2D eigenvalue weighted by atomic mass is 10.4. The summed E-state index contributed by atoms with van der Waals surface area (Å²) in [6, 6.07) is -0.153. The number of thiol groups is 1. The van der Waals surface area contributed by atoms with Gasteiger partial charge in [-0.2, -0.15) is 17.9 Å². The van der Waals surface area contributed by atoms with Crippen LogP contribution in [0.5, 0.6) is 0 Å². The smallest absolute Gasteiger partial charge is 0.205 e. The van der Waals surface area contributed by atoms with E-state index in [4.69, 9.17) is 11.7 Å². The number of hydrogen-bond donors (Lipinski definition) is 3. The lowest BCUT2D eigenvalue weighted by molar-refractivity contribution is 0.803. The topological polar surface area (TPSA) is 60.2 Å². The maximum Gasteiger partial charge on any atom is 0.205 e. The third-order valence-corrected chi connectivity index (χ3v) is 1.35. The SMILES string of the molecule is C#CC(C)NC(=NCCS)NC#N. The molecule has 70 valence electrons. The third kappa shape index (κ3) is 5.89. The van der Waals surface area contributed by atoms with E-state index < -0.39 is 0 Å². The molecule has 0 bridgehead atoms. The number of terminal acetylenes is 1. The Morgan fingerprint density at radius 3 is 2.92 bits per heavy atom. The van der Waals surface area contributed by atoms with Gasteiger partial charge in [0.05, 0.1) is 12.6 Å². The largest absolute Gasteiger partial charge is 0.342 e. The van der Waals surface area contributed by atoms with Crippen molar-refractivity contribution in [2.75, 3.05) is 12.3 Å². The van der Waals surface area contributed by atoms with Crippen LogP contribution in [-0.4, -0.2) is 24.3 Å². The van der Waals surface area contributed by atoms with Gasteiger partial charge in [-0.1, -0.05) is 5.92 Å². The lowest BCUT2D eigenvalue weighted by Crippen LogP contribution is -2.39. The Balaban J connectivity index is 4.12. The van der Waals surface area contributed by atoms with E-state index in [9.17, 15) is 0 Å². The molecule has 0 aliphatic rings. The maximum absolute atomic E-state index is 8.37. The average Bonchev–Trinajstić information content (AvgIpc) is 2.14. The van der Waals surface area contributed by atoms with Gasteiger partial charge in [0, 0.05) is 5.75 Å². The Morgan fingerprint density at radius 2 is 2.46 bits per heavy atom. The fraction of sp³-hybridized carbons (Fsp3) is 0.500. The lowest BCUT2D eigenvalue weighted by Gasteiger charge is -2.09. The highest BCUT2D eigenvalue weighted by atomic mass is 32.1. The fourth-order valence-electron chi connectivity index (χ4n) is 0.583. The van der Waals surface area contributed by atoms with Gasteiger partial charge in [0.1, 0.15) is 0 Å². The first-order chi connectivity index (χ1) is 6.24. The average molecular weight is 196 g/mol. The van der Waals surface area contributed by atoms with Crippen molar-refractivity contribution in [2.45, 2.75) is 13.0 Å². The number of nitrogens with one attached hydrogen (secondary N) is 2.